The summed E-state index contributed by atoms with van der Waals surface area (Å²) >= 11 is 6.92. The summed E-state index contributed by atoms with van der Waals surface area (Å²) in [6.45, 7) is 2.04. The van der Waals surface area contributed by atoms with E-state index in [0.717, 1.165) is 32.0 Å². The number of anilines is 1. The van der Waals surface area contributed by atoms with Gasteiger partial charge in [0.1, 0.15) is 11.3 Å². The lowest BCUT2D eigenvalue weighted by atomic mass is 10.1. The molecule has 0 saturated heterocycles. The second-order valence-corrected chi connectivity index (χ2v) is 8.44. The second-order valence-electron chi connectivity index (χ2n) is 6.67. The second kappa shape index (κ2) is 9.02. The molecule has 0 fully saturated rings. The van der Waals surface area contributed by atoms with Gasteiger partial charge in [-0.25, -0.2) is 4.98 Å². The van der Waals surface area contributed by atoms with Gasteiger partial charge >= 0.3 is 0 Å². The average molecular weight is 530 g/mol. The Bertz CT molecular complexity index is 1190. The highest BCUT2D eigenvalue weighted by Crippen LogP contribution is 2.31. The molecule has 1 heterocycles. The molecule has 0 radical (unpaired) electrons. The fraction of sp³-hybridized carbons (Fsp3) is 0.130. The van der Waals surface area contributed by atoms with Crippen LogP contribution < -0.4 is 10.1 Å². The molecule has 1 N–H and O–H groups in total. The van der Waals surface area contributed by atoms with Gasteiger partial charge < -0.3 is 14.5 Å². The number of benzene rings is 3. The van der Waals surface area contributed by atoms with E-state index in [1.807, 2.05) is 48.5 Å². The summed E-state index contributed by atoms with van der Waals surface area (Å²) < 4.78 is 13.3. The number of hydrogen-bond acceptors (Lipinski definition) is 4. The Balaban J connectivity index is 1.42. The molecule has 4 aromatic rings. The van der Waals surface area contributed by atoms with Crippen LogP contribution in [0.2, 0.25) is 0 Å². The quantitative estimate of drug-likeness (QED) is 0.305. The number of carbonyl (C=O) groups is 1. The summed E-state index contributed by atoms with van der Waals surface area (Å²) in [6.07, 6.45) is 0.927. The van der Waals surface area contributed by atoms with Crippen molar-refractivity contribution in [3.63, 3.8) is 0 Å². The average Bonchev–Trinajstić information content (AvgIpc) is 3.18. The van der Waals surface area contributed by atoms with E-state index < -0.39 is 0 Å². The fourth-order valence-electron chi connectivity index (χ4n) is 2.95. The van der Waals surface area contributed by atoms with Gasteiger partial charge in [0.15, 0.2) is 12.2 Å². The topological polar surface area (TPSA) is 64.4 Å². The molecule has 0 spiro atoms. The minimum Gasteiger partial charge on any atom is -0.484 e. The van der Waals surface area contributed by atoms with Gasteiger partial charge in [-0.3, -0.25) is 4.79 Å². The molecular weight excluding hydrogens is 512 g/mol. The van der Waals surface area contributed by atoms with E-state index in [1.165, 1.54) is 5.56 Å². The molecule has 0 unspecified atom stereocenters. The van der Waals surface area contributed by atoms with Crippen molar-refractivity contribution < 1.29 is 13.9 Å². The molecule has 1 amide bonds. The van der Waals surface area contributed by atoms with Crippen molar-refractivity contribution in [1.29, 1.82) is 0 Å². The number of hydrogen-bond donors (Lipinski definition) is 1. The monoisotopic (exact) mass is 528 g/mol. The van der Waals surface area contributed by atoms with Crippen LogP contribution in [0, 0.1) is 0 Å². The third kappa shape index (κ3) is 4.74. The van der Waals surface area contributed by atoms with Gasteiger partial charge in [0.2, 0.25) is 5.89 Å². The van der Waals surface area contributed by atoms with Crippen molar-refractivity contribution in [3.8, 4) is 17.2 Å². The highest BCUT2D eigenvalue weighted by molar-refractivity contribution is 9.11. The van der Waals surface area contributed by atoms with Gasteiger partial charge in [0, 0.05) is 15.7 Å². The highest BCUT2D eigenvalue weighted by Gasteiger charge is 2.12. The number of fused-ring (bicyclic) bond motifs is 1. The summed E-state index contributed by atoms with van der Waals surface area (Å²) in [5.74, 6) is 0.941. The first-order chi connectivity index (χ1) is 14.5. The molecule has 0 atom stereocenters. The van der Waals surface area contributed by atoms with E-state index in [9.17, 15) is 4.79 Å². The maximum atomic E-state index is 12.1. The molecule has 1 aromatic heterocycles. The molecule has 0 aliphatic heterocycles. The Labute approximate surface area is 190 Å². The Morgan fingerprint density at radius 2 is 1.80 bits per heavy atom. The lowest BCUT2D eigenvalue weighted by Crippen LogP contribution is -2.20. The van der Waals surface area contributed by atoms with Crippen LogP contribution in [-0.4, -0.2) is 17.5 Å². The smallest absolute Gasteiger partial charge is 0.262 e. The van der Waals surface area contributed by atoms with Crippen molar-refractivity contribution in [2.45, 2.75) is 13.3 Å². The standard InChI is InChI=1S/C23H18Br2N2O3/c1-2-14-11-19(25)22-20(12-14)27-23(30-22)15-3-7-17(8-4-15)26-21(28)13-29-18-9-5-16(24)6-10-18/h3-12H,2,13H2,1H3,(H,26,28). The molecule has 0 aliphatic rings. The number of carbonyl (C=O) groups excluding carboxylic acids is 1. The predicted molar refractivity (Wildman–Crippen MR) is 125 cm³/mol. The fourth-order valence-corrected chi connectivity index (χ4v) is 3.79. The zero-order valence-electron chi connectivity index (χ0n) is 16.1. The first-order valence-corrected chi connectivity index (χ1v) is 11.0. The molecule has 0 bridgehead atoms. The van der Waals surface area contributed by atoms with Crippen LogP contribution in [0.5, 0.6) is 5.75 Å². The molecule has 7 heteroatoms. The summed E-state index contributed by atoms with van der Waals surface area (Å²) in [5.41, 5.74) is 4.25. The molecule has 4 rings (SSSR count). The van der Waals surface area contributed by atoms with Crippen molar-refractivity contribution >= 4 is 54.6 Å². The number of amides is 1. The third-order valence-electron chi connectivity index (χ3n) is 4.51. The zero-order chi connectivity index (χ0) is 21.1. The van der Waals surface area contributed by atoms with E-state index in [0.29, 0.717) is 17.3 Å². The number of nitrogens with zero attached hydrogens (tertiary/aromatic N) is 1. The van der Waals surface area contributed by atoms with Crippen LogP contribution in [0.15, 0.2) is 74.0 Å². The molecular formula is C23H18Br2N2O3. The van der Waals surface area contributed by atoms with Gasteiger partial charge in [0.25, 0.3) is 5.91 Å². The van der Waals surface area contributed by atoms with Crippen LogP contribution in [0.1, 0.15) is 12.5 Å². The van der Waals surface area contributed by atoms with Crippen molar-refractivity contribution in [2.75, 3.05) is 11.9 Å². The van der Waals surface area contributed by atoms with E-state index in [-0.39, 0.29) is 12.5 Å². The molecule has 152 valence electrons. The van der Waals surface area contributed by atoms with Crippen LogP contribution in [-0.2, 0) is 11.2 Å². The Kier molecular flexibility index (Phi) is 6.20. The number of aromatic nitrogens is 1. The SMILES string of the molecule is CCc1cc(Br)c2oc(-c3ccc(NC(=O)COc4ccc(Br)cc4)cc3)nc2c1. The van der Waals surface area contributed by atoms with E-state index >= 15 is 0 Å². The first kappa shape index (κ1) is 20.6. The molecule has 0 aliphatic carbocycles. The van der Waals surface area contributed by atoms with Crippen LogP contribution in [0.4, 0.5) is 5.69 Å². The van der Waals surface area contributed by atoms with Gasteiger partial charge in [-0.15, -0.1) is 0 Å². The number of oxazole rings is 1. The number of rotatable bonds is 6. The number of ether oxygens (including phenoxy) is 1. The van der Waals surface area contributed by atoms with E-state index in [1.54, 1.807) is 12.1 Å². The molecule has 0 saturated carbocycles. The first-order valence-electron chi connectivity index (χ1n) is 9.39. The summed E-state index contributed by atoms with van der Waals surface area (Å²) in [4.78, 5) is 16.7. The lowest BCUT2D eigenvalue weighted by molar-refractivity contribution is -0.118. The van der Waals surface area contributed by atoms with Gasteiger partial charge in [0.05, 0.1) is 4.47 Å². The van der Waals surface area contributed by atoms with Crippen molar-refractivity contribution in [3.05, 3.63) is 75.2 Å². The highest BCUT2D eigenvalue weighted by atomic mass is 79.9. The summed E-state index contributed by atoms with van der Waals surface area (Å²) in [7, 11) is 0. The number of aryl methyl sites for hydroxylation is 1. The summed E-state index contributed by atoms with van der Waals surface area (Å²) in [5, 5.41) is 2.82. The number of halogens is 2. The third-order valence-corrected chi connectivity index (χ3v) is 5.63. The largest absolute Gasteiger partial charge is 0.484 e. The molecule has 5 nitrogen and oxygen atoms in total. The van der Waals surface area contributed by atoms with Crippen molar-refractivity contribution in [1.82, 2.24) is 4.98 Å². The number of nitrogens with one attached hydrogen (secondary N) is 1. The van der Waals surface area contributed by atoms with Crippen LogP contribution >= 0.6 is 31.9 Å². The van der Waals surface area contributed by atoms with Gasteiger partial charge in [-0.2, -0.15) is 0 Å². The zero-order valence-corrected chi connectivity index (χ0v) is 19.3. The maximum Gasteiger partial charge on any atom is 0.262 e. The lowest BCUT2D eigenvalue weighted by Gasteiger charge is -2.08. The summed E-state index contributed by atoms with van der Waals surface area (Å²) in [6, 6.07) is 18.8. The van der Waals surface area contributed by atoms with Crippen LogP contribution in [0.3, 0.4) is 0 Å². The van der Waals surface area contributed by atoms with Gasteiger partial charge in [-0.1, -0.05) is 22.9 Å². The van der Waals surface area contributed by atoms with E-state index in [4.69, 9.17) is 9.15 Å². The van der Waals surface area contributed by atoms with Crippen LogP contribution in [0.25, 0.3) is 22.6 Å². The minimum absolute atomic E-state index is 0.0672. The van der Waals surface area contributed by atoms with E-state index in [2.05, 4.69) is 49.1 Å². The normalized spacial score (nSPS) is 10.9. The van der Waals surface area contributed by atoms with Crippen molar-refractivity contribution in [2.24, 2.45) is 0 Å². The Hall–Kier alpha value is -2.64. The maximum absolute atomic E-state index is 12.1. The molecule has 3 aromatic carbocycles. The minimum atomic E-state index is -0.233. The Morgan fingerprint density at radius 1 is 1.07 bits per heavy atom. The predicted octanol–water partition coefficient (Wildman–Crippen LogP) is 6.60. The Morgan fingerprint density at radius 3 is 2.50 bits per heavy atom. The molecule has 30 heavy (non-hydrogen) atoms. The van der Waals surface area contributed by atoms with Gasteiger partial charge in [-0.05, 0) is 88.6 Å².